The molecule has 4 N–H and O–H groups in total. The topological polar surface area (TPSA) is 141 Å². The van der Waals surface area contributed by atoms with E-state index in [0.717, 1.165) is 12.8 Å². The van der Waals surface area contributed by atoms with Gasteiger partial charge in [0.25, 0.3) is 0 Å². The minimum absolute atomic E-state index is 0.345. The third kappa shape index (κ3) is 32.3. The van der Waals surface area contributed by atoms with Crippen molar-refractivity contribution in [3.63, 3.8) is 0 Å². The maximum absolute atomic E-state index is 10.6. The summed E-state index contributed by atoms with van der Waals surface area (Å²) in [6.45, 7) is 1.39. The Morgan fingerprint density at radius 1 is 0.727 bits per heavy atom. The Balaban J connectivity index is 0. The molecule has 0 saturated carbocycles. The van der Waals surface area contributed by atoms with Crippen LogP contribution in [0.4, 0.5) is 0 Å². The molecule has 0 aromatic carbocycles. The van der Waals surface area contributed by atoms with E-state index in [-0.39, 0.29) is 6.61 Å². The number of hydrogen-bond acceptors (Lipinski definition) is 6. The largest absolute Gasteiger partial charge is 0.481 e. The Morgan fingerprint density at radius 2 is 1.15 bits per heavy atom. The highest BCUT2D eigenvalue weighted by Gasteiger charge is 2.05. The minimum atomic E-state index is -1.26. The monoisotopic (exact) mass is 474 g/mol. The Hall–Kier alpha value is -1.93. The van der Waals surface area contributed by atoms with Gasteiger partial charge in [0.15, 0.2) is 0 Å². The summed E-state index contributed by atoms with van der Waals surface area (Å²) in [5, 5.41) is 33.6. The number of carboxylic acid groups (broad SMARTS) is 2. The van der Waals surface area contributed by atoms with Crippen LogP contribution < -0.4 is 0 Å². The van der Waals surface area contributed by atoms with Crippen molar-refractivity contribution in [3.8, 4) is 0 Å². The van der Waals surface area contributed by atoms with Crippen molar-refractivity contribution in [1.82, 2.24) is 0 Å². The lowest BCUT2D eigenvalue weighted by atomic mass is 10.0. The van der Waals surface area contributed by atoms with Crippen molar-refractivity contribution >= 4 is 17.9 Å². The zero-order valence-corrected chi connectivity index (χ0v) is 20.4. The van der Waals surface area contributed by atoms with E-state index in [1.54, 1.807) is 0 Å². The first-order chi connectivity index (χ1) is 15.8. The molecule has 0 aliphatic heterocycles. The summed E-state index contributed by atoms with van der Waals surface area (Å²) in [7, 11) is 0. The molecule has 0 heterocycles. The Labute approximate surface area is 199 Å². The first-order valence-corrected chi connectivity index (χ1v) is 12.4. The Bertz CT molecular complexity index is 505. The standard InChI is InChI=1S/C18H36O2.C7H10O6/c1-2-3-4-5-6-7-8-9-10-11-12-13-14-15-16-17-18(19)20;8-3-5(9)4-13-7(12)2-1-6(10)11/h2-17H2,1H3,(H,19,20);1-2,5,8-9H,3-4H2,(H,10,11)/b;2-1-. The van der Waals surface area contributed by atoms with Crippen LogP contribution in [-0.2, 0) is 19.1 Å². The van der Waals surface area contributed by atoms with Crippen molar-refractivity contribution in [2.24, 2.45) is 0 Å². The molecule has 0 aromatic heterocycles. The van der Waals surface area contributed by atoms with Crippen LogP contribution in [0.2, 0.25) is 0 Å². The van der Waals surface area contributed by atoms with Gasteiger partial charge in [-0.05, 0) is 6.42 Å². The fourth-order valence-electron chi connectivity index (χ4n) is 3.07. The number of esters is 1. The molecule has 0 aliphatic rings. The fraction of sp³-hybridized carbons (Fsp3) is 0.800. The number of ether oxygens (including phenoxy) is 1. The Kier molecular flexibility index (Phi) is 26.5. The molecule has 8 heteroatoms. The van der Waals surface area contributed by atoms with E-state index in [1.807, 2.05) is 0 Å². The number of carboxylic acids is 2. The van der Waals surface area contributed by atoms with Gasteiger partial charge in [-0.15, -0.1) is 0 Å². The predicted molar refractivity (Wildman–Crippen MR) is 128 cm³/mol. The van der Waals surface area contributed by atoms with E-state index in [0.29, 0.717) is 18.6 Å². The summed E-state index contributed by atoms with van der Waals surface area (Å²) in [4.78, 5) is 30.9. The van der Waals surface area contributed by atoms with Gasteiger partial charge < -0.3 is 25.2 Å². The van der Waals surface area contributed by atoms with E-state index in [9.17, 15) is 14.4 Å². The number of aliphatic hydroxyl groups is 2. The fourth-order valence-corrected chi connectivity index (χ4v) is 3.07. The van der Waals surface area contributed by atoms with Gasteiger partial charge >= 0.3 is 17.9 Å². The van der Waals surface area contributed by atoms with E-state index < -0.39 is 30.6 Å². The minimum Gasteiger partial charge on any atom is -0.481 e. The number of carbonyl (C=O) groups excluding carboxylic acids is 1. The van der Waals surface area contributed by atoms with Gasteiger partial charge in [-0.2, -0.15) is 0 Å². The van der Waals surface area contributed by atoms with E-state index in [1.165, 1.54) is 83.5 Å². The number of aliphatic hydroxyl groups excluding tert-OH is 2. The molecule has 194 valence electrons. The maximum Gasteiger partial charge on any atom is 0.331 e. The van der Waals surface area contributed by atoms with Crippen molar-refractivity contribution in [2.75, 3.05) is 13.2 Å². The summed E-state index contributed by atoms with van der Waals surface area (Å²) in [6.07, 6.45) is 20.4. The van der Waals surface area contributed by atoms with Crippen LogP contribution in [-0.4, -0.2) is 57.7 Å². The van der Waals surface area contributed by atoms with Gasteiger partial charge in [-0.25, -0.2) is 9.59 Å². The normalized spacial score (nSPS) is 11.6. The number of aliphatic carboxylic acids is 2. The maximum atomic E-state index is 10.6. The average Bonchev–Trinajstić information content (AvgIpc) is 2.78. The van der Waals surface area contributed by atoms with Crippen molar-refractivity contribution in [3.05, 3.63) is 12.2 Å². The third-order valence-electron chi connectivity index (χ3n) is 4.98. The summed E-state index contributed by atoms with van der Waals surface area (Å²) in [6, 6.07) is 0. The number of hydrogen-bond donors (Lipinski definition) is 4. The second kappa shape index (κ2) is 26.3. The summed E-state index contributed by atoms with van der Waals surface area (Å²) >= 11 is 0. The summed E-state index contributed by atoms with van der Waals surface area (Å²) in [5.41, 5.74) is 0. The van der Waals surface area contributed by atoms with Gasteiger partial charge in [0.1, 0.15) is 12.7 Å². The first kappa shape index (κ1) is 33.2. The molecule has 0 saturated heterocycles. The van der Waals surface area contributed by atoms with Gasteiger partial charge in [0.2, 0.25) is 0 Å². The molecule has 0 aromatic rings. The highest BCUT2D eigenvalue weighted by Crippen LogP contribution is 2.13. The highest BCUT2D eigenvalue weighted by atomic mass is 16.5. The Morgan fingerprint density at radius 3 is 1.52 bits per heavy atom. The molecule has 0 rings (SSSR count). The van der Waals surface area contributed by atoms with Gasteiger partial charge in [0.05, 0.1) is 6.61 Å². The van der Waals surface area contributed by atoms with Crippen LogP contribution in [0.1, 0.15) is 110 Å². The molecule has 0 fully saturated rings. The lowest BCUT2D eigenvalue weighted by Gasteiger charge is -2.05. The molecule has 33 heavy (non-hydrogen) atoms. The predicted octanol–water partition coefficient (Wildman–Crippen LogP) is 4.86. The number of rotatable bonds is 21. The zero-order valence-electron chi connectivity index (χ0n) is 20.4. The van der Waals surface area contributed by atoms with Crippen LogP contribution in [0.3, 0.4) is 0 Å². The van der Waals surface area contributed by atoms with Gasteiger partial charge in [0, 0.05) is 18.6 Å². The lowest BCUT2D eigenvalue weighted by Crippen LogP contribution is -2.21. The van der Waals surface area contributed by atoms with Crippen LogP contribution in [0.25, 0.3) is 0 Å². The lowest BCUT2D eigenvalue weighted by molar-refractivity contribution is -0.142. The highest BCUT2D eigenvalue weighted by molar-refractivity contribution is 5.90. The SMILES string of the molecule is CCCCCCCCCCCCCCCCCC(=O)O.O=C(O)/C=C\C(=O)OCC(O)CO. The van der Waals surface area contributed by atoms with Crippen LogP contribution in [0, 0.1) is 0 Å². The van der Waals surface area contributed by atoms with Crippen molar-refractivity contribution in [2.45, 2.75) is 116 Å². The van der Waals surface area contributed by atoms with E-state index >= 15 is 0 Å². The smallest absolute Gasteiger partial charge is 0.331 e. The average molecular weight is 475 g/mol. The molecule has 0 bridgehead atoms. The van der Waals surface area contributed by atoms with Crippen LogP contribution in [0.5, 0.6) is 0 Å². The quantitative estimate of drug-likeness (QED) is 0.105. The zero-order chi connectivity index (χ0) is 25.2. The molecule has 0 radical (unpaired) electrons. The third-order valence-corrected chi connectivity index (χ3v) is 4.98. The first-order valence-electron chi connectivity index (χ1n) is 12.4. The van der Waals surface area contributed by atoms with E-state index in [2.05, 4.69) is 11.7 Å². The second-order valence-corrected chi connectivity index (χ2v) is 8.23. The van der Waals surface area contributed by atoms with Crippen LogP contribution in [0.15, 0.2) is 12.2 Å². The molecular formula is C25H46O8. The number of unbranched alkanes of at least 4 members (excludes halogenated alkanes) is 14. The molecule has 1 unspecified atom stereocenters. The summed E-state index contributed by atoms with van der Waals surface area (Å²) < 4.78 is 4.35. The van der Waals surface area contributed by atoms with Gasteiger partial charge in [-0.3, -0.25) is 4.79 Å². The molecular weight excluding hydrogens is 428 g/mol. The molecule has 1 atom stereocenters. The number of carbonyl (C=O) groups is 3. The molecule has 0 amide bonds. The molecule has 0 aliphatic carbocycles. The van der Waals surface area contributed by atoms with Gasteiger partial charge in [-0.1, -0.05) is 96.8 Å². The van der Waals surface area contributed by atoms with Crippen molar-refractivity contribution in [1.29, 1.82) is 0 Å². The molecule has 0 spiro atoms. The van der Waals surface area contributed by atoms with E-state index in [4.69, 9.17) is 20.4 Å². The second-order valence-electron chi connectivity index (χ2n) is 8.23. The molecule has 8 nitrogen and oxygen atoms in total. The van der Waals surface area contributed by atoms with Crippen LogP contribution >= 0.6 is 0 Å². The summed E-state index contributed by atoms with van der Waals surface area (Å²) in [5.74, 6) is -2.80. The van der Waals surface area contributed by atoms with Crippen molar-refractivity contribution < 1.29 is 39.5 Å².